The maximum Gasteiger partial charge on any atom is 0.230 e. The first-order chi connectivity index (χ1) is 10.7. The van der Waals surface area contributed by atoms with Gasteiger partial charge in [0.2, 0.25) is 10.8 Å². The summed E-state index contributed by atoms with van der Waals surface area (Å²) in [5.74, 6) is 1.93. The van der Waals surface area contributed by atoms with E-state index in [1.165, 1.54) is 41.4 Å². The summed E-state index contributed by atoms with van der Waals surface area (Å²) in [6, 6.07) is 3.91. The third-order valence-corrected chi connectivity index (χ3v) is 5.26. The van der Waals surface area contributed by atoms with Crippen LogP contribution in [0.4, 0.5) is 0 Å². The first-order valence-corrected chi connectivity index (χ1v) is 8.37. The third kappa shape index (κ3) is 2.21. The van der Waals surface area contributed by atoms with Crippen molar-refractivity contribution in [2.45, 2.75) is 32.2 Å². The molecule has 1 fully saturated rings. The number of rotatable bonds is 3. The van der Waals surface area contributed by atoms with E-state index in [1.54, 1.807) is 0 Å². The van der Waals surface area contributed by atoms with Crippen molar-refractivity contribution in [2.75, 3.05) is 13.1 Å². The predicted molar refractivity (Wildman–Crippen MR) is 83.2 cm³/mol. The molecule has 1 saturated heterocycles. The lowest BCUT2D eigenvalue weighted by atomic mass is 10.1. The summed E-state index contributed by atoms with van der Waals surface area (Å²) in [4.78, 5) is 8.13. The van der Waals surface area contributed by atoms with Crippen LogP contribution in [0.25, 0.3) is 4.96 Å². The Hall–Kier alpha value is -1.86. The van der Waals surface area contributed by atoms with Crippen molar-refractivity contribution in [3.8, 4) is 5.88 Å². The molecule has 0 bridgehead atoms. The Kier molecular flexibility index (Phi) is 3.38. The molecule has 0 spiro atoms. The number of furan rings is 1. The number of piperidine rings is 1. The van der Waals surface area contributed by atoms with Crippen LogP contribution in [-0.2, 0) is 0 Å². The molecule has 4 heterocycles. The Bertz CT molecular complexity index is 785. The van der Waals surface area contributed by atoms with Crippen LogP contribution in [0.15, 0.2) is 22.9 Å². The molecule has 6 nitrogen and oxygen atoms in total. The highest BCUT2D eigenvalue weighted by atomic mass is 32.1. The van der Waals surface area contributed by atoms with E-state index in [2.05, 4.69) is 15.0 Å². The maximum absolute atomic E-state index is 10.6. The molecule has 1 N–H and O–H groups in total. The molecular weight excluding hydrogens is 300 g/mol. The SMILES string of the molecule is Cc1ccc(C(c2sc3ncnn3c2O)N2CCCCC2)o1. The summed E-state index contributed by atoms with van der Waals surface area (Å²) in [5, 5.41) is 14.6. The lowest BCUT2D eigenvalue weighted by Crippen LogP contribution is -2.33. The maximum atomic E-state index is 10.6. The van der Waals surface area contributed by atoms with Crippen LogP contribution in [0.3, 0.4) is 0 Å². The number of thiazole rings is 1. The molecule has 3 aromatic heterocycles. The molecule has 1 aliphatic heterocycles. The normalized spacial score (nSPS) is 18.0. The smallest absolute Gasteiger partial charge is 0.230 e. The number of fused-ring (bicyclic) bond motifs is 1. The Morgan fingerprint density at radius 3 is 2.77 bits per heavy atom. The highest BCUT2D eigenvalue weighted by Crippen LogP contribution is 2.40. The van der Waals surface area contributed by atoms with Crippen LogP contribution < -0.4 is 0 Å². The van der Waals surface area contributed by atoms with E-state index in [-0.39, 0.29) is 11.9 Å². The van der Waals surface area contributed by atoms with Gasteiger partial charge >= 0.3 is 0 Å². The van der Waals surface area contributed by atoms with Gasteiger partial charge in [-0.3, -0.25) is 4.90 Å². The molecule has 1 aliphatic rings. The fourth-order valence-electron chi connectivity index (χ4n) is 3.12. The number of nitrogens with zero attached hydrogens (tertiary/aromatic N) is 4. The van der Waals surface area contributed by atoms with Gasteiger partial charge in [0.1, 0.15) is 23.9 Å². The second kappa shape index (κ2) is 5.40. The molecule has 0 saturated carbocycles. The van der Waals surface area contributed by atoms with E-state index in [0.29, 0.717) is 4.96 Å². The number of likely N-dealkylation sites (tertiary alicyclic amines) is 1. The summed E-state index contributed by atoms with van der Waals surface area (Å²) in [5.41, 5.74) is 0. The van der Waals surface area contributed by atoms with Crippen LogP contribution in [0, 0.1) is 6.92 Å². The zero-order chi connectivity index (χ0) is 15.1. The first-order valence-electron chi connectivity index (χ1n) is 7.56. The third-order valence-electron chi connectivity index (χ3n) is 4.17. The summed E-state index contributed by atoms with van der Waals surface area (Å²) in [7, 11) is 0. The van der Waals surface area contributed by atoms with Crippen molar-refractivity contribution in [1.82, 2.24) is 19.5 Å². The largest absolute Gasteiger partial charge is 0.492 e. The van der Waals surface area contributed by atoms with Crippen LogP contribution in [-0.4, -0.2) is 37.7 Å². The molecule has 0 aliphatic carbocycles. The highest BCUT2D eigenvalue weighted by molar-refractivity contribution is 7.17. The van der Waals surface area contributed by atoms with Crippen molar-refractivity contribution in [1.29, 1.82) is 0 Å². The molecule has 116 valence electrons. The van der Waals surface area contributed by atoms with E-state index < -0.39 is 0 Å². The van der Waals surface area contributed by atoms with Crippen molar-refractivity contribution < 1.29 is 9.52 Å². The van der Waals surface area contributed by atoms with Crippen LogP contribution >= 0.6 is 11.3 Å². The zero-order valence-electron chi connectivity index (χ0n) is 12.4. The van der Waals surface area contributed by atoms with Crippen LogP contribution in [0.5, 0.6) is 5.88 Å². The van der Waals surface area contributed by atoms with Crippen molar-refractivity contribution >= 4 is 16.3 Å². The standard InChI is InChI=1S/C15H18N4O2S/c1-10-5-6-11(21-10)12(18-7-3-2-4-8-18)13-14(20)19-15(22-13)16-9-17-19/h5-6,9,12,20H,2-4,7-8H2,1H3. The fraction of sp³-hybridized carbons (Fsp3) is 0.467. The van der Waals surface area contributed by atoms with E-state index in [0.717, 1.165) is 29.5 Å². The fourth-order valence-corrected chi connectivity index (χ4v) is 4.20. The van der Waals surface area contributed by atoms with E-state index in [4.69, 9.17) is 4.42 Å². The number of hydrogen-bond donors (Lipinski definition) is 1. The molecule has 7 heteroatoms. The summed E-state index contributed by atoms with van der Waals surface area (Å²) >= 11 is 1.47. The van der Waals surface area contributed by atoms with Gasteiger partial charge in [0.05, 0.1) is 4.88 Å². The number of aromatic hydroxyl groups is 1. The Labute approximate surface area is 132 Å². The molecule has 3 aromatic rings. The molecule has 0 amide bonds. The van der Waals surface area contributed by atoms with Gasteiger partial charge in [-0.2, -0.15) is 9.61 Å². The van der Waals surface area contributed by atoms with Gasteiger partial charge in [-0.25, -0.2) is 4.98 Å². The van der Waals surface area contributed by atoms with Crippen LogP contribution in [0.2, 0.25) is 0 Å². The minimum atomic E-state index is -0.0671. The minimum absolute atomic E-state index is 0.0671. The van der Waals surface area contributed by atoms with Crippen molar-refractivity contribution in [3.63, 3.8) is 0 Å². The molecule has 22 heavy (non-hydrogen) atoms. The van der Waals surface area contributed by atoms with Gasteiger partial charge in [0, 0.05) is 0 Å². The zero-order valence-corrected chi connectivity index (χ0v) is 13.2. The second-order valence-electron chi connectivity index (χ2n) is 5.69. The van der Waals surface area contributed by atoms with E-state index in [1.807, 2.05) is 19.1 Å². The number of aryl methyl sites for hydroxylation is 1. The molecule has 0 radical (unpaired) electrons. The Balaban J connectivity index is 1.81. The summed E-state index contributed by atoms with van der Waals surface area (Å²) in [6.45, 7) is 3.97. The molecule has 1 atom stereocenters. The number of aromatic nitrogens is 3. The van der Waals surface area contributed by atoms with Gasteiger partial charge in [0.25, 0.3) is 0 Å². The van der Waals surface area contributed by atoms with E-state index in [9.17, 15) is 5.11 Å². The summed E-state index contributed by atoms with van der Waals surface area (Å²) in [6.07, 6.45) is 5.08. The van der Waals surface area contributed by atoms with Crippen molar-refractivity contribution in [2.24, 2.45) is 0 Å². The average Bonchev–Trinajstić information content (AvgIpc) is 3.22. The molecular formula is C15H18N4O2S. The van der Waals surface area contributed by atoms with E-state index >= 15 is 0 Å². The minimum Gasteiger partial charge on any atom is -0.492 e. The highest BCUT2D eigenvalue weighted by Gasteiger charge is 2.32. The molecule has 0 aromatic carbocycles. The second-order valence-corrected chi connectivity index (χ2v) is 6.70. The van der Waals surface area contributed by atoms with Gasteiger partial charge in [-0.05, 0) is 45.0 Å². The average molecular weight is 318 g/mol. The Morgan fingerprint density at radius 1 is 1.27 bits per heavy atom. The van der Waals surface area contributed by atoms with Gasteiger partial charge in [-0.1, -0.05) is 17.8 Å². The summed E-state index contributed by atoms with van der Waals surface area (Å²) < 4.78 is 7.38. The van der Waals surface area contributed by atoms with Gasteiger partial charge in [0.15, 0.2) is 0 Å². The van der Waals surface area contributed by atoms with Gasteiger partial charge in [-0.15, -0.1) is 0 Å². The predicted octanol–water partition coefficient (Wildman–Crippen LogP) is 2.97. The van der Waals surface area contributed by atoms with Crippen LogP contribution in [0.1, 0.15) is 41.7 Å². The first kappa shape index (κ1) is 13.8. The lowest BCUT2D eigenvalue weighted by Gasteiger charge is -2.32. The van der Waals surface area contributed by atoms with Crippen molar-refractivity contribution in [3.05, 3.63) is 34.9 Å². The molecule has 4 rings (SSSR count). The monoisotopic (exact) mass is 318 g/mol. The Morgan fingerprint density at radius 2 is 2.09 bits per heavy atom. The lowest BCUT2D eigenvalue weighted by molar-refractivity contribution is 0.168. The topological polar surface area (TPSA) is 66.8 Å². The van der Waals surface area contributed by atoms with Gasteiger partial charge < -0.3 is 9.52 Å². The quantitative estimate of drug-likeness (QED) is 0.804. The number of hydrogen-bond acceptors (Lipinski definition) is 6. The molecule has 1 unspecified atom stereocenters.